The van der Waals surface area contributed by atoms with E-state index in [9.17, 15) is 8.42 Å². The number of hydrogen-bond donors (Lipinski definition) is 0. The molecule has 0 aromatic heterocycles. The molecule has 3 rings (SSSR count). The molecule has 2 aliphatic heterocycles. The van der Waals surface area contributed by atoms with E-state index in [4.69, 9.17) is 9.47 Å². The maximum atomic E-state index is 13.4. The molecule has 0 saturated carbocycles. The molecule has 0 aliphatic carbocycles. The summed E-state index contributed by atoms with van der Waals surface area (Å²) < 4.78 is 39.4. The van der Waals surface area contributed by atoms with Gasteiger partial charge in [-0.25, -0.2) is 8.42 Å². The summed E-state index contributed by atoms with van der Waals surface area (Å²) in [5, 5.41) is 0. The van der Waals surface area contributed by atoms with E-state index in [2.05, 4.69) is 16.7 Å². The minimum Gasteiger partial charge on any atom is -0.379 e. The van der Waals surface area contributed by atoms with E-state index in [1.54, 1.807) is 16.4 Å². The summed E-state index contributed by atoms with van der Waals surface area (Å²) in [5.41, 5.74) is 1.07. The molecule has 2 aliphatic rings. The summed E-state index contributed by atoms with van der Waals surface area (Å²) in [6, 6.07) is 7.22. The van der Waals surface area contributed by atoms with E-state index in [1.165, 1.54) is 0 Å². The van der Waals surface area contributed by atoms with Gasteiger partial charge in [0.1, 0.15) is 0 Å². The molecule has 1 aromatic rings. The average Bonchev–Trinajstić information content (AvgIpc) is 2.77. The van der Waals surface area contributed by atoms with Gasteiger partial charge in [-0.1, -0.05) is 24.6 Å². The number of morpholine rings is 2. The van der Waals surface area contributed by atoms with Crippen LogP contribution in [0.5, 0.6) is 0 Å². The Labute approximate surface area is 188 Å². The summed E-state index contributed by atoms with van der Waals surface area (Å²) in [6.45, 7) is 14.1. The van der Waals surface area contributed by atoms with Gasteiger partial charge in [-0.05, 0) is 44.4 Å². The van der Waals surface area contributed by atoms with Gasteiger partial charge in [0.2, 0.25) is 10.0 Å². The Morgan fingerprint density at radius 3 is 2.13 bits per heavy atom. The molecule has 2 heterocycles. The Hall–Kier alpha value is -1.03. The molecule has 0 spiro atoms. The molecule has 1 atom stereocenters. The third-order valence-electron chi connectivity index (χ3n) is 6.08. The van der Waals surface area contributed by atoms with Gasteiger partial charge in [-0.2, -0.15) is 4.31 Å². The van der Waals surface area contributed by atoms with E-state index < -0.39 is 10.0 Å². The monoisotopic (exact) mass is 453 g/mol. The third kappa shape index (κ3) is 7.80. The zero-order chi connectivity index (χ0) is 22.1. The zero-order valence-corrected chi connectivity index (χ0v) is 20.0. The van der Waals surface area contributed by atoms with Crippen molar-refractivity contribution in [2.75, 3.05) is 78.8 Å². The number of ether oxygens (including phenoxy) is 2. The van der Waals surface area contributed by atoms with E-state index in [0.717, 1.165) is 84.1 Å². The molecule has 8 heteroatoms. The number of unbranched alkanes of at least 4 members (excludes halogenated alkanes) is 1. The zero-order valence-electron chi connectivity index (χ0n) is 19.2. The highest BCUT2D eigenvalue weighted by molar-refractivity contribution is 7.89. The van der Waals surface area contributed by atoms with Crippen molar-refractivity contribution in [2.24, 2.45) is 5.92 Å². The van der Waals surface area contributed by atoms with Crippen LogP contribution in [-0.2, 0) is 19.5 Å². The molecule has 31 heavy (non-hydrogen) atoms. The van der Waals surface area contributed by atoms with Crippen LogP contribution in [-0.4, -0.2) is 101 Å². The van der Waals surface area contributed by atoms with Gasteiger partial charge >= 0.3 is 0 Å². The SMILES string of the molecule is Cc1ccc(S(=O)(=O)N(CCCCN2CCOCC2)CC(C)CN2CCOCC2)cc1. The first-order chi connectivity index (χ1) is 14.9. The van der Waals surface area contributed by atoms with Gasteiger partial charge in [0.25, 0.3) is 0 Å². The normalized spacial score (nSPS) is 20.2. The molecule has 2 saturated heterocycles. The summed E-state index contributed by atoms with van der Waals surface area (Å²) in [5.74, 6) is 0.262. The minimum atomic E-state index is -3.50. The molecule has 0 radical (unpaired) electrons. The van der Waals surface area contributed by atoms with Crippen molar-refractivity contribution in [3.8, 4) is 0 Å². The van der Waals surface area contributed by atoms with Crippen LogP contribution in [0, 0.1) is 12.8 Å². The van der Waals surface area contributed by atoms with Gasteiger partial charge in [0, 0.05) is 45.8 Å². The predicted molar refractivity (Wildman–Crippen MR) is 123 cm³/mol. The Balaban J connectivity index is 1.59. The fourth-order valence-electron chi connectivity index (χ4n) is 4.25. The highest BCUT2D eigenvalue weighted by Crippen LogP contribution is 2.19. The van der Waals surface area contributed by atoms with Crippen molar-refractivity contribution in [3.05, 3.63) is 29.8 Å². The van der Waals surface area contributed by atoms with Crippen LogP contribution >= 0.6 is 0 Å². The number of sulfonamides is 1. The maximum absolute atomic E-state index is 13.4. The van der Waals surface area contributed by atoms with Crippen molar-refractivity contribution in [1.82, 2.24) is 14.1 Å². The number of benzene rings is 1. The van der Waals surface area contributed by atoms with Gasteiger partial charge in [0.05, 0.1) is 31.3 Å². The van der Waals surface area contributed by atoms with Gasteiger partial charge in [0.15, 0.2) is 0 Å². The largest absolute Gasteiger partial charge is 0.379 e. The van der Waals surface area contributed by atoms with Crippen molar-refractivity contribution in [3.63, 3.8) is 0 Å². The molecule has 7 nitrogen and oxygen atoms in total. The van der Waals surface area contributed by atoms with Crippen LogP contribution in [0.2, 0.25) is 0 Å². The second-order valence-electron chi connectivity index (χ2n) is 8.86. The lowest BCUT2D eigenvalue weighted by Gasteiger charge is -2.32. The Bertz CT molecular complexity index is 745. The van der Waals surface area contributed by atoms with Crippen LogP contribution in [0.4, 0.5) is 0 Å². The summed E-state index contributed by atoms with van der Waals surface area (Å²) >= 11 is 0. The summed E-state index contributed by atoms with van der Waals surface area (Å²) in [7, 11) is -3.50. The quantitative estimate of drug-likeness (QED) is 0.478. The number of aryl methyl sites for hydroxylation is 1. The smallest absolute Gasteiger partial charge is 0.243 e. The number of hydrogen-bond acceptors (Lipinski definition) is 6. The molecule has 1 aromatic carbocycles. The highest BCUT2D eigenvalue weighted by Gasteiger charge is 2.26. The van der Waals surface area contributed by atoms with Crippen LogP contribution in [0.25, 0.3) is 0 Å². The van der Waals surface area contributed by atoms with Gasteiger partial charge in [-0.3, -0.25) is 9.80 Å². The van der Waals surface area contributed by atoms with Gasteiger partial charge in [-0.15, -0.1) is 0 Å². The minimum absolute atomic E-state index is 0.262. The van der Waals surface area contributed by atoms with Crippen molar-refractivity contribution in [1.29, 1.82) is 0 Å². The van der Waals surface area contributed by atoms with Crippen LogP contribution in [0.15, 0.2) is 29.2 Å². The Morgan fingerprint density at radius 1 is 0.935 bits per heavy atom. The van der Waals surface area contributed by atoms with Crippen LogP contribution in [0.3, 0.4) is 0 Å². The van der Waals surface area contributed by atoms with E-state index in [0.29, 0.717) is 18.0 Å². The van der Waals surface area contributed by atoms with Crippen molar-refractivity contribution in [2.45, 2.75) is 31.6 Å². The topological polar surface area (TPSA) is 62.3 Å². The predicted octanol–water partition coefficient (Wildman–Crippen LogP) is 2.07. The summed E-state index contributed by atoms with van der Waals surface area (Å²) in [6.07, 6.45) is 1.87. The maximum Gasteiger partial charge on any atom is 0.243 e. The van der Waals surface area contributed by atoms with E-state index in [-0.39, 0.29) is 5.92 Å². The fraction of sp³-hybridized carbons (Fsp3) is 0.739. The Morgan fingerprint density at radius 2 is 1.52 bits per heavy atom. The number of rotatable bonds is 11. The molecular formula is C23H39N3O4S. The third-order valence-corrected chi connectivity index (χ3v) is 7.96. The van der Waals surface area contributed by atoms with Crippen LogP contribution < -0.4 is 0 Å². The first-order valence-electron chi connectivity index (χ1n) is 11.6. The molecule has 176 valence electrons. The molecule has 0 bridgehead atoms. The number of nitrogens with zero attached hydrogens (tertiary/aromatic N) is 3. The molecular weight excluding hydrogens is 414 g/mol. The molecule has 0 amide bonds. The first-order valence-corrected chi connectivity index (χ1v) is 13.1. The van der Waals surface area contributed by atoms with Gasteiger partial charge < -0.3 is 9.47 Å². The summed E-state index contributed by atoms with van der Waals surface area (Å²) in [4.78, 5) is 5.18. The Kier molecular flexibility index (Phi) is 9.74. The lowest BCUT2D eigenvalue weighted by Crippen LogP contribution is -2.43. The molecule has 1 unspecified atom stereocenters. The van der Waals surface area contributed by atoms with Crippen molar-refractivity contribution < 1.29 is 17.9 Å². The second kappa shape index (κ2) is 12.3. The van der Waals surface area contributed by atoms with E-state index in [1.807, 2.05) is 19.1 Å². The highest BCUT2D eigenvalue weighted by atomic mass is 32.2. The lowest BCUT2D eigenvalue weighted by molar-refractivity contribution is 0.0305. The lowest BCUT2D eigenvalue weighted by atomic mass is 10.1. The standard InChI is InChI=1S/C23H39N3O4S/c1-21-5-7-23(8-6-21)31(27,28)26(10-4-3-9-24-11-15-29-16-12-24)20-22(2)19-25-13-17-30-18-14-25/h5-8,22H,3-4,9-20H2,1-2H3. The first kappa shape index (κ1) is 24.6. The average molecular weight is 454 g/mol. The molecule has 2 fully saturated rings. The van der Waals surface area contributed by atoms with E-state index >= 15 is 0 Å². The second-order valence-corrected chi connectivity index (χ2v) is 10.8. The fourth-order valence-corrected chi connectivity index (χ4v) is 5.85. The molecule has 0 N–H and O–H groups in total. The van der Waals surface area contributed by atoms with Crippen molar-refractivity contribution >= 4 is 10.0 Å². The van der Waals surface area contributed by atoms with Crippen LogP contribution in [0.1, 0.15) is 25.3 Å².